The van der Waals surface area contributed by atoms with Crippen LogP contribution in [0.2, 0.25) is 0 Å². The van der Waals surface area contributed by atoms with Crippen LogP contribution in [0, 0.1) is 25.5 Å². The van der Waals surface area contributed by atoms with Crippen LogP contribution in [0.3, 0.4) is 0 Å². The van der Waals surface area contributed by atoms with E-state index in [1.54, 1.807) is 0 Å². The van der Waals surface area contributed by atoms with Crippen LogP contribution in [-0.4, -0.2) is 0 Å². The van der Waals surface area contributed by atoms with Gasteiger partial charge in [0.2, 0.25) is 0 Å². The highest BCUT2D eigenvalue weighted by atomic mass is 32.1. The second kappa shape index (κ2) is 3.26. The van der Waals surface area contributed by atoms with E-state index < -0.39 is 11.6 Å². The van der Waals surface area contributed by atoms with Gasteiger partial charge in [0.05, 0.1) is 0 Å². The summed E-state index contributed by atoms with van der Waals surface area (Å²) in [5.74, 6) is -0.996. The molecule has 0 bridgehead atoms. The Hall–Kier alpha value is -0.220. The highest BCUT2D eigenvalue weighted by Crippen LogP contribution is 2.29. The normalized spacial score (nSPS) is 10.5. The lowest BCUT2D eigenvalue weighted by Crippen LogP contribution is -1.96. The highest BCUT2D eigenvalue weighted by molar-refractivity contribution is 7.80. The van der Waals surface area contributed by atoms with Crippen LogP contribution in [-0.2, 0) is 0 Å². The molecule has 12 heavy (non-hydrogen) atoms. The van der Waals surface area contributed by atoms with Crippen molar-refractivity contribution >= 4 is 25.3 Å². The molecule has 0 N–H and O–H groups in total. The van der Waals surface area contributed by atoms with Gasteiger partial charge in [-0.25, -0.2) is 8.78 Å². The zero-order chi connectivity index (χ0) is 9.46. The number of halogens is 2. The van der Waals surface area contributed by atoms with E-state index in [1.165, 1.54) is 13.8 Å². The van der Waals surface area contributed by atoms with Crippen molar-refractivity contribution in [2.45, 2.75) is 23.6 Å². The summed E-state index contributed by atoms with van der Waals surface area (Å²) in [5, 5.41) is 0. The van der Waals surface area contributed by atoms with Gasteiger partial charge in [0.15, 0.2) is 0 Å². The van der Waals surface area contributed by atoms with Crippen molar-refractivity contribution in [2.24, 2.45) is 0 Å². The molecule has 0 aromatic heterocycles. The van der Waals surface area contributed by atoms with Crippen LogP contribution in [0.25, 0.3) is 0 Å². The van der Waals surface area contributed by atoms with E-state index >= 15 is 0 Å². The zero-order valence-corrected chi connectivity index (χ0v) is 8.44. The summed E-state index contributed by atoms with van der Waals surface area (Å²) in [6.45, 7) is 2.94. The molecule has 1 aromatic carbocycles. The van der Waals surface area contributed by atoms with Crippen molar-refractivity contribution in [1.82, 2.24) is 0 Å². The average Bonchev–Trinajstić information content (AvgIpc) is 2.08. The van der Waals surface area contributed by atoms with E-state index in [4.69, 9.17) is 0 Å². The number of hydrogen-bond donors (Lipinski definition) is 2. The van der Waals surface area contributed by atoms with Gasteiger partial charge in [-0.1, -0.05) is 0 Å². The van der Waals surface area contributed by atoms with Crippen LogP contribution >= 0.6 is 25.3 Å². The smallest absolute Gasteiger partial charge is 0.140 e. The molecule has 4 heteroatoms. The lowest BCUT2D eigenvalue weighted by atomic mass is 10.1. The summed E-state index contributed by atoms with van der Waals surface area (Å²) in [4.78, 5) is 0.116. The van der Waals surface area contributed by atoms with E-state index in [9.17, 15) is 8.78 Å². The quantitative estimate of drug-likeness (QED) is 0.598. The molecule has 0 nitrogen and oxygen atoms in total. The van der Waals surface area contributed by atoms with Crippen molar-refractivity contribution in [2.75, 3.05) is 0 Å². The first-order valence-electron chi connectivity index (χ1n) is 3.33. The Balaban J connectivity index is 3.60. The molecule has 0 fully saturated rings. The summed E-state index contributed by atoms with van der Waals surface area (Å²) in [7, 11) is 0. The van der Waals surface area contributed by atoms with Crippen molar-refractivity contribution in [3.8, 4) is 0 Å². The Kier molecular flexibility index (Phi) is 2.68. The second-order valence-electron chi connectivity index (χ2n) is 2.58. The maximum atomic E-state index is 13.1. The summed E-state index contributed by atoms with van der Waals surface area (Å²) in [6.07, 6.45) is 0. The highest BCUT2D eigenvalue weighted by Gasteiger charge is 2.15. The van der Waals surface area contributed by atoms with Gasteiger partial charge in [-0.05, 0) is 13.8 Å². The minimum atomic E-state index is -0.498. The summed E-state index contributed by atoms with van der Waals surface area (Å²) >= 11 is 7.70. The Labute approximate surface area is 80.8 Å². The molecule has 0 atom stereocenters. The Morgan fingerprint density at radius 2 is 1.08 bits per heavy atom. The van der Waals surface area contributed by atoms with Gasteiger partial charge in [-0.3, -0.25) is 0 Å². The lowest BCUT2D eigenvalue weighted by Gasteiger charge is -2.08. The molecule has 0 radical (unpaired) electrons. The number of thiol groups is 2. The molecule has 0 unspecified atom stereocenters. The minimum absolute atomic E-state index is 0.0581. The van der Waals surface area contributed by atoms with Crippen LogP contribution in [0.5, 0.6) is 0 Å². The molecular weight excluding hydrogens is 198 g/mol. The second-order valence-corrected chi connectivity index (χ2v) is 3.47. The van der Waals surface area contributed by atoms with E-state index in [-0.39, 0.29) is 20.9 Å². The third kappa shape index (κ3) is 1.33. The Morgan fingerprint density at radius 3 is 1.33 bits per heavy atom. The maximum Gasteiger partial charge on any atom is 0.140 e. The Morgan fingerprint density at radius 1 is 0.833 bits per heavy atom. The summed E-state index contributed by atoms with van der Waals surface area (Å²) < 4.78 is 26.3. The lowest BCUT2D eigenvalue weighted by molar-refractivity contribution is 0.539. The summed E-state index contributed by atoms with van der Waals surface area (Å²) in [5.41, 5.74) is 0.401. The first-order chi connectivity index (χ1) is 5.46. The number of rotatable bonds is 0. The molecule has 1 aromatic rings. The molecule has 0 aliphatic carbocycles. The number of hydrogen-bond acceptors (Lipinski definition) is 2. The largest absolute Gasteiger partial charge is 0.205 e. The molecular formula is C8H8F2S2. The molecule has 1 rings (SSSR count). The first-order valence-corrected chi connectivity index (χ1v) is 4.22. The van der Waals surface area contributed by atoms with E-state index in [2.05, 4.69) is 25.3 Å². The van der Waals surface area contributed by atoms with Gasteiger partial charge < -0.3 is 0 Å². The predicted octanol–water partition coefficient (Wildman–Crippen LogP) is 3.16. The fourth-order valence-electron chi connectivity index (χ4n) is 0.892. The van der Waals surface area contributed by atoms with Gasteiger partial charge in [-0.15, -0.1) is 25.3 Å². The first kappa shape index (κ1) is 9.86. The van der Waals surface area contributed by atoms with Gasteiger partial charge in [0, 0.05) is 20.9 Å². The van der Waals surface area contributed by atoms with E-state index in [1.807, 2.05) is 0 Å². The molecule has 0 saturated heterocycles. The maximum absolute atomic E-state index is 13.1. The minimum Gasteiger partial charge on any atom is -0.205 e. The van der Waals surface area contributed by atoms with Gasteiger partial charge >= 0.3 is 0 Å². The van der Waals surface area contributed by atoms with Crippen molar-refractivity contribution in [3.05, 3.63) is 22.8 Å². The van der Waals surface area contributed by atoms with Gasteiger partial charge in [0.1, 0.15) is 11.6 Å². The van der Waals surface area contributed by atoms with Crippen molar-refractivity contribution in [1.29, 1.82) is 0 Å². The molecule has 0 spiro atoms. The predicted molar refractivity (Wildman–Crippen MR) is 50.3 cm³/mol. The molecule has 0 aliphatic rings. The van der Waals surface area contributed by atoms with Crippen LogP contribution < -0.4 is 0 Å². The third-order valence-corrected chi connectivity index (χ3v) is 2.85. The van der Waals surface area contributed by atoms with Crippen LogP contribution in [0.1, 0.15) is 11.1 Å². The van der Waals surface area contributed by atoms with Gasteiger partial charge in [0.25, 0.3) is 0 Å². The standard InChI is InChI=1S/C8H8F2S2/c1-3-5(9)8(12)4(2)6(10)7(3)11/h11-12H,1-2H3. The topological polar surface area (TPSA) is 0 Å². The Bertz CT molecular complexity index is 229. The fraction of sp³-hybridized carbons (Fsp3) is 0.250. The van der Waals surface area contributed by atoms with Gasteiger partial charge in [-0.2, -0.15) is 0 Å². The molecule has 66 valence electrons. The zero-order valence-electron chi connectivity index (χ0n) is 6.65. The van der Waals surface area contributed by atoms with E-state index in [0.717, 1.165) is 0 Å². The third-order valence-electron chi connectivity index (χ3n) is 1.78. The van der Waals surface area contributed by atoms with Crippen LogP contribution in [0.4, 0.5) is 8.78 Å². The molecule has 0 saturated carbocycles. The molecule has 0 amide bonds. The monoisotopic (exact) mass is 206 g/mol. The fourth-order valence-corrected chi connectivity index (χ4v) is 1.42. The molecule has 0 heterocycles. The van der Waals surface area contributed by atoms with E-state index in [0.29, 0.717) is 0 Å². The average molecular weight is 206 g/mol. The summed E-state index contributed by atoms with van der Waals surface area (Å²) in [6, 6.07) is 0. The van der Waals surface area contributed by atoms with Crippen LogP contribution in [0.15, 0.2) is 9.79 Å². The molecule has 0 aliphatic heterocycles. The SMILES string of the molecule is Cc1c(F)c(S)c(C)c(F)c1S. The number of benzene rings is 1. The van der Waals surface area contributed by atoms with Crippen molar-refractivity contribution < 1.29 is 8.78 Å². The van der Waals surface area contributed by atoms with Crippen molar-refractivity contribution in [3.63, 3.8) is 0 Å².